The molecule has 0 spiro atoms. The maximum Gasteiger partial charge on any atom is 0.266 e. The van der Waals surface area contributed by atoms with Gasteiger partial charge in [-0.15, -0.1) is 11.3 Å². The molecular weight excluding hydrogens is 429 g/mol. The molecule has 1 N–H and O–H groups in total. The number of rotatable bonds is 4. The van der Waals surface area contributed by atoms with Crippen LogP contribution in [0, 0.1) is 11.3 Å². The van der Waals surface area contributed by atoms with E-state index < -0.39 is 5.91 Å². The van der Waals surface area contributed by atoms with Crippen LogP contribution < -0.4 is 5.32 Å². The lowest BCUT2D eigenvalue weighted by atomic mass is 10.2. The van der Waals surface area contributed by atoms with Crippen molar-refractivity contribution in [3.8, 4) is 16.8 Å². The molecule has 1 amide bonds. The molecule has 4 rings (SSSR count). The van der Waals surface area contributed by atoms with E-state index in [1.807, 2.05) is 30.3 Å². The third kappa shape index (κ3) is 4.03. The van der Waals surface area contributed by atoms with Crippen LogP contribution in [0.25, 0.3) is 27.1 Å². The maximum absolute atomic E-state index is 12.5. The number of benzene rings is 2. The van der Waals surface area contributed by atoms with Crippen molar-refractivity contribution >= 4 is 62.4 Å². The first-order valence-electron chi connectivity index (χ1n) is 8.38. The monoisotopic (exact) mass is 439 g/mol. The summed E-state index contributed by atoms with van der Waals surface area (Å²) < 4.78 is 6.81. The van der Waals surface area contributed by atoms with Gasteiger partial charge in [-0.2, -0.15) is 5.26 Å². The van der Waals surface area contributed by atoms with E-state index in [9.17, 15) is 10.1 Å². The Hall–Kier alpha value is -3.11. The predicted molar refractivity (Wildman–Crippen MR) is 116 cm³/mol. The maximum atomic E-state index is 12.5. The van der Waals surface area contributed by atoms with Gasteiger partial charge in [0.2, 0.25) is 0 Å². The Balaban J connectivity index is 1.59. The first-order chi connectivity index (χ1) is 14.0. The number of hydrogen-bond donors (Lipinski definition) is 1. The zero-order chi connectivity index (χ0) is 20.4. The number of thiazole rings is 1. The molecule has 0 saturated heterocycles. The minimum atomic E-state index is -0.638. The summed E-state index contributed by atoms with van der Waals surface area (Å²) in [5.74, 6) is 0.279. The predicted octanol–water partition coefficient (Wildman–Crippen LogP) is 6.41. The van der Waals surface area contributed by atoms with Crippen LogP contribution in [0.3, 0.4) is 0 Å². The molecule has 2 aromatic heterocycles. The van der Waals surface area contributed by atoms with Gasteiger partial charge in [0, 0.05) is 6.08 Å². The Labute approximate surface area is 179 Å². The van der Waals surface area contributed by atoms with E-state index in [2.05, 4.69) is 10.3 Å². The molecule has 2 heterocycles. The average molecular weight is 440 g/mol. The van der Waals surface area contributed by atoms with Crippen LogP contribution in [0.15, 0.2) is 64.6 Å². The number of para-hydroxylation sites is 2. The Kier molecular flexibility index (Phi) is 5.36. The van der Waals surface area contributed by atoms with Crippen LogP contribution in [-0.2, 0) is 4.79 Å². The minimum absolute atomic E-state index is 0.147. The zero-order valence-electron chi connectivity index (χ0n) is 14.6. The van der Waals surface area contributed by atoms with Crippen LogP contribution in [0.5, 0.6) is 0 Å². The fourth-order valence-electron chi connectivity index (χ4n) is 2.61. The highest BCUT2D eigenvalue weighted by molar-refractivity contribution is 7.21. The summed E-state index contributed by atoms with van der Waals surface area (Å²) in [5.41, 5.74) is 0.984. The van der Waals surface area contributed by atoms with E-state index >= 15 is 0 Å². The number of anilines is 1. The van der Waals surface area contributed by atoms with Crippen LogP contribution in [-0.4, -0.2) is 10.9 Å². The molecule has 29 heavy (non-hydrogen) atoms. The van der Waals surface area contributed by atoms with Gasteiger partial charge in [-0.1, -0.05) is 41.4 Å². The number of furan rings is 1. The first kappa shape index (κ1) is 19.2. The molecule has 0 aliphatic carbocycles. The molecule has 142 valence electrons. The van der Waals surface area contributed by atoms with E-state index in [0.29, 0.717) is 11.5 Å². The second kappa shape index (κ2) is 8.10. The third-order valence-corrected chi connectivity index (χ3v) is 5.67. The number of carbonyl (C=O) groups excluding carboxylic acids is 1. The van der Waals surface area contributed by atoms with Gasteiger partial charge in [0.25, 0.3) is 5.91 Å². The second-order valence-corrected chi connectivity index (χ2v) is 7.75. The van der Waals surface area contributed by atoms with Gasteiger partial charge in [0.05, 0.1) is 25.9 Å². The van der Waals surface area contributed by atoms with E-state index in [4.69, 9.17) is 27.6 Å². The Bertz CT molecular complexity index is 1250. The van der Waals surface area contributed by atoms with E-state index in [1.54, 1.807) is 30.3 Å². The molecule has 0 fully saturated rings. The lowest BCUT2D eigenvalue weighted by Gasteiger charge is -2.08. The summed E-state index contributed by atoms with van der Waals surface area (Å²) in [6, 6.07) is 17.9. The van der Waals surface area contributed by atoms with Crippen molar-refractivity contribution in [1.82, 2.24) is 4.98 Å². The molecular formula is C21H11Cl2N3O2S. The largest absolute Gasteiger partial charge is 0.454 e. The molecule has 4 aromatic rings. The summed E-state index contributed by atoms with van der Waals surface area (Å²) >= 11 is 13.6. The first-order valence-corrected chi connectivity index (χ1v) is 9.95. The van der Waals surface area contributed by atoms with Crippen molar-refractivity contribution in [3.05, 3.63) is 76.0 Å². The number of fused-ring (bicyclic) bond motifs is 1. The molecule has 2 aromatic carbocycles. The van der Waals surface area contributed by atoms with Crippen molar-refractivity contribution in [1.29, 1.82) is 5.26 Å². The van der Waals surface area contributed by atoms with Gasteiger partial charge in [0.1, 0.15) is 17.4 Å². The second-order valence-electron chi connectivity index (χ2n) is 5.91. The Morgan fingerprint density at radius 3 is 2.59 bits per heavy atom. The summed E-state index contributed by atoms with van der Waals surface area (Å²) in [4.78, 5) is 17.0. The third-order valence-electron chi connectivity index (χ3n) is 3.98. The molecule has 0 aliphatic heterocycles. The van der Waals surface area contributed by atoms with Crippen LogP contribution in [0.2, 0.25) is 10.0 Å². The molecule has 0 saturated carbocycles. The quantitative estimate of drug-likeness (QED) is 0.294. The smallest absolute Gasteiger partial charge is 0.266 e. The van der Waals surface area contributed by atoms with Gasteiger partial charge in [0.15, 0.2) is 10.8 Å². The highest BCUT2D eigenvalue weighted by Crippen LogP contribution is 2.32. The van der Waals surface area contributed by atoms with Crippen molar-refractivity contribution < 1.29 is 9.21 Å². The van der Waals surface area contributed by atoms with Gasteiger partial charge in [-0.25, -0.2) is 4.98 Å². The number of aromatic nitrogens is 1. The standard InChI is InChI=1S/C21H11Cl2N3O2S/c22-14-4-3-5-15(23)19(14)26-20(27)12(11-24)10-13-8-9-17(28-13)21-25-16-6-1-2-7-18(16)29-21/h1-10H,(H,26,27)/b12-10+. The lowest BCUT2D eigenvalue weighted by Crippen LogP contribution is -2.14. The van der Waals surface area contributed by atoms with Crippen molar-refractivity contribution in [2.45, 2.75) is 0 Å². The number of nitrogens with one attached hydrogen (secondary N) is 1. The molecule has 0 bridgehead atoms. The Morgan fingerprint density at radius 2 is 1.86 bits per heavy atom. The summed E-state index contributed by atoms with van der Waals surface area (Å²) in [6.07, 6.45) is 1.36. The van der Waals surface area contributed by atoms with Crippen LogP contribution in [0.1, 0.15) is 5.76 Å². The molecule has 0 aliphatic rings. The van der Waals surface area contributed by atoms with Gasteiger partial charge >= 0.3 is 0 Å². The van der Waals surface area contributed by atoms with Crippen LogP contribution >= 0.6 is 34.5 Å². The van der Waals surface area contributed by atoms with E-state index in [1.165, 1.54) is 17.4 Å². The fraction of sp³-hybridized carbons (Fsp3) is 0. The SMILES string of the molecule is N#C/C(=C\c1ccc(-c2nc3ccccc3s2)o1)C(=O)Nc1c(Cl)cccc1Cl. The molecule has 5 nitrogen and oxygen atoms in total. The number of nitrogens with zero attached hydrogens (tertiary/aromatic N) is 2. The normalized spacial score (nSPS) is 11.4. The topological polar surface area (TPSA) is 78.9 Å². The number of nitriles is 1. The van der Waals surface area contributed by atoms with Gasteiger partial charge in [-0.05, 0) is 36.4 Å². The van der Waals surface area contributed by atoms with Crippen molar-refractivity contribution in [2.75, 3.05) is 5.32 Å². The zero-order valence-corrected chi connectivity index (χ0v) is 17.0. The highest BCUT2D eigenvalue weighted by Gasteiger charge is 2.15. The minimum Gasteiger partial charge on any atom is -0.454 e. The van der Waals surface area contributed by atoms with Crippen molar-refractivity contribution in [3.63, 3.8) is 0 Å². The molecule has 8 heteroatoms. The molecule has 0 unspecified atom stereocenters. The van der Waals surface area contributed by atoms with Gasteiger partial charge < -0.3 is 9.73 Å². The van der Waals surface area contributed by atoms with Crippen molar-refractivity contribution in [2.24, 2.45) is 0 Å². The lowest BCUT2D eigenvalue weighted by molar-refractivity contribution is -0.112. The molecule has 0 radical (unpaired) electrons. The number of halogens is 2. The van der Waals surface area contributed by atoms with E-state index in [0.717, 1.165) is 15.2 Å². The number of hydrogen-bond acceptors (Lipinski definition) is 5. The van der Waals surface area contributed by atoms with Crippen LogP contribution in [0.4, 0.5) is 5.69 Å². The molecule has 0 atom stereocenters. The van der Waals surface area contributed by atoms with Gasteiger partial charge in [-0.3, -0.25) is 4.79 Å². The Morgan fingerprint density at radius 1 is 1.10 bits per heavy atom. The summed E-state index contributed by atoms with van der Waals surface area (Å²) in [5, 5.41) is 13.2. The number of carbonyl (C=O) groups is 1. The number of amides is 1. The summed E-state index contributed by atoms with van der Waals surface area (Å²) in [7, 11) is 0. The average Bonchev–Trinajstić information content (AvgIpc) is 3.35. The highest BCUT2D eigenvalue weighted by atomic mass is 35.5. The summed E-state index contributed by atoms with van der Waals surface area (Å²) in [6.45, 7) is 0. The fourth-order valence-corrected chi connectivity index (χ4v) is 4.03. The van der Waals surface area contributed by atoms with E-state index in [-0.39, 0.29) is 21.3 Å².